The summed E-state index contributed by atoms with van der Waals surface area (Å²) in [4.78, 5) is 11.0. The molecular weight excluding hydrogens is 319 g/mol. The maximum Gasteiger partial charge on any atom is 0.250 e. The minimum absolute atomic E-state index is 0.0764. The van der Waals surface area contributed by atoms with E-state index in [1.807, 2.05) is 0 Å². The monoisotopic (exact) mass is 327 g/mol. The molecule has 0 atom stereocenters. The van der Waals surface area contributed by atoms with E-state index in [-0.39, 0.29) is 15.9 Å². The first-order chi connectivity index (χ1) is 7.04. The van der Waals surface area contributed by atoms with Gasteiger partial charge >= 0.3 is 0 Å². The van der Waals surface area contributed by atoms with Crippen molar-refractivity contribution >= 4 is 34.2 Å². The highest BCUT2D eigenvalue weighted by molar-refractivity contribution is 14.1. The Labute approximate surface area is 98.9 Å². The van der Waals surface area contributed by atoms with Crippen molar-refractivity contribution in [1.82, 2.24) is 0 Å². The predicted octanol–water partition coefficient (Wildman–Crippen LogP) is 2.15. The second-order valence-corrected chi connectivity index (χ2v) is 3.81. The molecule has 0 saturated heterocycles. The minimum atomic E-state index is -0.705. The molecule has 0 bridgehead atoms. The molecule has 0 spiro atoms. The Kier molecular flexibility index (Phi) is 4.40. The zero-order chi connectivity index (χ0) is 11.4. The second kappa shape index (κ2) is 5.36. The van der Waals surface area contributed by atoms with Crippen LogP contribution >= 0.6 is 22.6 Å². The van der Waals surface area contributed by atoms with Crippen molar-refractivity contribution < 1.29 is 18.3 Å². The first-order valence-corrected chi connectivity index (χ1v) is 5.05. The second-order valence-electron chi connectivity index (χ2n) is 2.74. The molecule has 0 aliphatic heterocycles. The van der Waals surface area contributed by atoms with Crippen LogP contribution in [0.4, 0.5) is 14.5 Å². The molecule has 0 saturated carbocycles. The van der Waals surface area contributed by atoms with Gasteiger partial charge in [0.15, 0.2) is 0 Å². The van der Waals surface area contributed by atoms with Crippen LogP contribution in [0.1, 0.15) is 0 Å². The van der Waals surface area contributed by atoms with Crippen LogP contribution in [0.15, 0.2) is 12.1 Å². The molecule has 0 heterocycles. The molecule has 0 aliphatic carbocycles. The SMILES string of the molecule is COCC(=O)Nc1cc(F)c(I)c(F)c1. The van der Waals surface area contributed by atoms with Crippen LogP contribution in [0.25, 0.3) is 0 Å². The van der Waals surface area contributed by atoms with Gasteiger partial charge in [-0.2, -0.15) is 0 Å². The third-order valence-electron chi connectivity index (χ3n) is 1.54. The molecule has 1 amide bonds. The zero-order valence-corrected chi connectivity index (χ0v) is 9.97. The van der Waals surface area contributed by atoms with Gasteiger partial charge in [0.25, 0.3) is 0 Å². The number of carbonyl (C=O) groups excluding carboxylic acids is 1. The average Bonchev–Trinajstić information content (AvgIpc) is 2.14. The standard InChI is InChI=1S/C9H8F2INO2/c1-15-4-8(14)13-5-2-6(10)9(12)7(11)3-5/h2-3H,4H2,1H3,(H,13,14). The van der Waals surface area contributed by atoms with Gasteiger partial charge in [-0.3, -0.25) is 4.79 Å². The van der Waals surface area contributed by atoms with Crippen LogP contribution in [0, 0.1) is 15.2 Å². The van der Waals surface area contributed by atoms with Crippen LogP contribution in [0.5, 0.6) is 0 Å². The molecule has 0 unspecified atom stereocenters. The Morgan fingerprint density at radius 1 is 1.47 bits per heavy atom. The van der Waals surface area contributed by atoms with E-state index in [2.05, 4.69) is 10.1 Å². The predicted molar refractivity (Wildman–Crippen MR) is 59.6 cm³/mol. The molecule has 3 nitrogen and oxygen atoms in total. The largest absolute Gasteiger partial charge is 0.375 e. The summed E-state index contributed by atoms with van der Waals surface area (Å²) in [7, 11) is 1.36. The smallest absolute Gasteiger partial charge is 0.250 e. The maximum atomic E-state index is 13.0. The molecule has 1 rings (SSSR count). The fourth-order valence-electron chi connectivity index (χ4n) is 0.956. The zero-order valence-electron chi connectivity index (χ0n) is 7.81. The van der Waals surface area contributed by atoms with Gasteiger partial charge in [-0.1, -0.05) is 0 Å². The number of anilines is 1. The van der Waals surface area contributed by atoms with Crippen molar-refractivity contribution in [1.29, 1.82) is 0 Å². The number of benzene rings is 1. The van der Waals surface area contributed by atoms with Gasteiger partial charge < -0.3 is 10.1 Å². The summed E-state index contributed by atoms with van der Waals surface area (Å²) in [5, 5.41) is 2.30. The van der Waals surface area contributed by atoms with Gasteiger partial charge in [-0.15, -0.1) is 0 Å². The molecule has 1 aromatic rings. The summed E-state index contributed by atoms with van der Waals surface area (Å²) in [6.45, 7) is -0.158. The average molecular weight is 327 g/mol. The van der Waals surface area contributed by atoms with Crippen molar-refractivity contribution in [3.63, 3.8) is 0 Å². The quantitative estimate of drug-likeness (QED) is 0.683. The number of rotatable bonds is 3. The van der Waals surface area contributed by atoms with Gasteiger partial charge in [0.05, 0.1) is 3.57 Å². The van der Waals surface area contributed by atoms with E-state index in [9.17, 15) is 13.6 Å². The van der Waals surface area contributed by atoms with Crippen molar-refractivity contribution in [2.45, 2.75) is 0 Å². The van der Waals surface area contributed by atoms with Gasteiger partial charge in [0.2, 0.25) is 5.91 Å². The highest BCUT2D eigenvalue weighted by Crippen LogP contribution is 2.20. The normalized spacial score (nSPS) is 10.1. The van der Waals surface area contributed by atoms with E-state index in [1.54, 1.807) is 22.6 Å². The lowest BCUT2D eigenvalue weighted by Gasteiger charge is -2.05. The first kappa shape index (κ1) is 12.3. The number of halogens is 3. The van der Waals surface area contributed by atoms with Crippen molar-refractivity contribution in [2.24, 2.45) is 0 Å². The van der Waals surface area contributed by atoms with Gasteiger partial charge in [-0.25, -0.2) is 8.78 Å². The van der Waals surface area contributed by atoms with E-state index < -0.39 is 17.5 Å². The van der Waals surface area contributed by atoms with Crippen LogP contribution in [0.3, 0.4) is 0 Å². The van der Waals surface area contributed by atoms with Gasteiger partial charge in [0.1, 0.15) is 18.2 Å². The Hall–Kier alpha value is -0.760. The Balaban J connectivity index is 2.83. The molecule has 0 fully saturated rings. The van der Waals surface area contributed by atoms with Crippen molar-refractivity contribution in [2.75, 3.05) is 19.0 Å². The van der Waals surface area contributed by atoms with E-state index in [4.69, 9.17) is 0 Å². The third-order valence-corrected chi connectivity index (χ3v) is 2.57. The van der Waals surface area contributed by atoms with E-state index in [0.717, 1.165) is 12.1 Å². The van der Waals surface area contributed by atoms with E-state index >= 15 is 0 Å². The fraction of sp³-hybridized carbons (Fsp3) is 0.222. The van der Waals surface area contributed by atoms with Crippen LogP contribution in [-0.4, -0.2) is 19.6 Å². The summed E-state index contributed by atoms with van der Waals surface area (Å²) in [5.74, 6) is -1.87. The van der Waals surface area contributed by atoms with Crippen LogP contribution < -0.4 is 5.32 Å². The molecule has 1 N–H and O–H groups in total. The lowest BCUT2D eigenvalue weighted by molar-refractivity contribution is -0.119. The summed E-state index contributed by atoms with van der Waals surface area (Å²) in [6.07, 6.45) is 0. The number of hydrogen-bond donors (Lipinski definition) is 1. The van der Waals surface area contributed by atoms with Crippen molar-refractivity contribution in [3.8, 4) is 0 Å². The Bertz CT molecular complexity index is 361. The molecule has 0 radical (unpaired) electrons. The summed E-state index contributed by atoms with van der Waals surface area (Å²) < 4.78 is 30.6. The highest BCUT2D eigenvalue weighted by atomic mass is 127. The number of nitrogens with one attached hydrogen (secondary N) is 1. The fourth-order valence-corrected chi connectivity index (χ4v) is 1.27. The topological polar surface area (TPSA) is 38.3 Å². The highest BCUT2D eigenvalue weighted by Gasteiger charge is 2.09. The van der Waals surface area contributed by atoms with Gasteiger partial charge in [0, 0.05) is 12.8 Å². The van der Waals surface area contributed by atoms with Crippen LogP contribution in [0.2, 0.25) is 0 Å². The van der Waals surface area contributed by atoms with Crippen LogP contribution in [-0.2, 0) is 9.53 Å². The molecule has 0 aromatic heterocycles. The first-order valence-electron chi connectivity index (χ1n) is 3.98. The molecule has 82 valence electrons. The summed E-state index contributed by atoms with van der Waals surface area (Å²) in [5.41, 5.74) is 0.0764. The number of methoxy groups -OCH3 is 1. The summed E-state index contributed by atoms with van der Waals surface area (Å²) in [6, 6.07) is 2.11. The lowest BCUT2D eigenvalue weighted by Crippen LogP contribution is -2.17. The number of hydrogen-bond acceptors (Lipinski definition) is 2. The molecule has 15 heavy (non-hydrogen) atoms. The van der Waals surface area contributed by atoms with Gasteiger partial charge in [-0.05, 0) is 34.7 Å². The van der Waals surface area contributed by atoms with E-state index in [0.29, 0.717) is 0 Å². The Morgan fingerprint density at radius 3 is 2.47 bits per heavy atom. The molecule has 0 aliphatic rings. The lowest BCUT2D eigenvalue weighted by atomic mass is 10.3. The van der Waals surface area contributed by atoms with E-state index in [1.165, 1.54) is 7.11 Å². The summed E-state index contributed by atoms with van der Waals surface area (Å²) >= 11 is 1.55. The molecule has 1 aromatic carbocycles. The third kappa shape index (κ3) is 3.38. The number of amides is 1. The van der Waals surface area contributed by atoms with Crippen molar-refractivity contribution in [3.05, 3.63) is 27.3 Å². The Morgan fingerprint density at radius 2 is 2.00 bits per heavy atom. The molecular formula is C9H8F2INO2. The number of ether oxygens (including phenoxy) is 1. The minimum Gasteiger partial charge on any atom is -0.375 e. The maximum absolute atomic E-state index is 13.0. The number of carbonyl (C=O) groups is 1. The molecule has 6 heteroatoms.